The van der Waals surface area contributed by atoms with Gasteiger partial charge in [0.2, 0.25) is 0 Å². The van der Waals surface area contributed by atoms with Crippen molar-refractivity contribution in [1.82, 2.24) is 4.98 Å². The Morgan fingerprint density at radius 2 is 1.95 bits per heavy atom. The summed E-state index contributed by atoms with van der Waals surface area (Å²) in [4.78, 5) is 16.2. The maximum atomic E-state index is 12.2. The molecule has 0 atom stereocenters. The number of rotatable bonds is 2. The zero-order valence-corrected chi connectivity index (χ0v) is 11.3. The van der Waals surface area contributed by atoms with Crippen molar-refractivity contribution >= 4 is 22.7 Å². The van der Waals surface area contributed by atoms with Crippen molar-refractivity contribution in [3.8, 4) is 0 Å². The van der Waals surface area contributed by atoms with Crippen LogP contribution in [0.2, 0.25) is 0 Å². The summed E-state index contributed by atoms with van der Waals surface area (Å²) >= 11 is 0. The van der Waals surface area contributed by atoms with Gasteiger partial charge in [-0.15, -0.1) is 0 Å². The molecule has 1 aromatic heterocycles. The molecule has 1 N–H and O–H groups in total. The second kappa shape index (κ2) is 4.81. The molecule has 0 unspecified atom stereocenters. The Kier molecular flexibility index (Phi) is 2.99. The zero-order chi connectivity index (χ0) is 14.1. The summed E-state index contributed by atoms with van der Waals surface area (Å²) in [5.74, 6) is -0.132. The van der Waals surface area contributed by atoms with Crippen LogP contribution in [0.25, 0.3) is 11.1 Å². The van der Waals surface area contributed by atoms with E-state index in [1.54, 1.807) is 6.07 Å². The minimum absolute atomic E-state index is 0.132. The molecule has 3 aromatic rings. The van der Waals surface area contributed by atoms with Gasteiger partial charge in [-0.3, -0.25) is 4.79 Å². The van der Waals surface area contributed by atoms with E-state index in [-0.39, 0.29) is 5.91 Å². The molecule has 4 nitrogen and oxygen atoms in total. The van der Waals surface area contributed by atoms with Gasteiger partial charge in [-0.25, -0.2) is 4.98 Å². The molecule has 0 saturated heterocycles. The zero-order valence-electron chi connectivity index (χ0n) is 11.3. The molecule has 0 spiro atoms. The molecule has 0 radical (unpaired) electrons. The molecule has 0 bridgehead atoms. The third-order valence-corrected chi connectivity index (χ3v) is 3.36. The van der Waals surface area contributed by atoms with E-state index in [1.165, 1.54) is 12.0 Å². The lowest BCUT2D eigenvalue weighted by molar-refractivity contribution is 0.102. The quantitative estimate of drug-likeness (QED) is 0.769. The third-order valence-electron chi connectivity index (χ3n) is 3.36. The Labute approximate surface area is 116 Å². The number of amides is 1. The summed E-state index contributed by atoms with van der Waals surface area (Å²) in [6, 6.07) is 11.0. The van der Waals surface area contributed by atoms with E-state index in [0.29, 0.717) is 16.8 Å². The summed E-state index contributed by atoms with van der Waals surface area (Å²) in [7, 11) is 0. The molecule has 100 valence electrons. The fourth-order valence-corrected chi connectivity index (χ4v) is 2.02. The number of nitrogens with zero attached hydrogens (tertiary/aromatic N) is 1. The summed E-state index contributed by atoms with van der Waals surface area (Å²) in [5, 5.41) is 2.86. The number of fused-ring (bicyclic) bond motifs is 1. The first-order valence-corrected chi connectivity index (χ1v) is 6.35. The average molecular weight is 266 g/mol. The molecule has 1 heterocycles. The first-order chi connectivity index (χ1) is 9.63. The van der Waals surface area contributed by atoms with Crippen molar-refractivity contribution in [1.29, 1.82) is 0 Å². The predicted octanol–water partition coefficient (Wildman–Crippen LogP) is 3.70. The van der Waals surface area contributed by atoms with Gasteiger partial charge < -0.3 is 9.73 Å². The van der Waals surface area contributed by atoms with Crippen LogP contribution in [-0.4, -0.2) is 10.9 Å². The van der Waals surface area contributed by atoms with Gasteiger partial charge in [-0.2, -0.15) is 0 Å². The second-order valence-corrected chi connectivity index (χ2v) is 4.79. The Balaban J connectivity index is 1.85. The van der Waals surface area contributed by atoms with Crippen LogP contribution >= 0.6 is 0 Å². The Hall–Kier alpha value is -2.62. The van der Waals surface area contributed by atoms with E-state index in [2.05, 4.69) is 10.3 Å². The highest BCUT2D eigenvalue weighted by atomic mass is 16.3. The minimum Gasteiger partial charge on any atom is -0.443 e. The van der Waals surface area contributed by atoms with Crippen LogP contribution in [0.1, 0.15) is 21.5 Å². The van der Waals surface area contributed by atoms with Gasteiger partial charge >= 0.3 is 0 Å². The van der Waals surface area contributed by atoms with Gasteiger partial charge in [0.05, 0.1) is 0 Å². The first-order valence-electron chi connectivity index (χ1n) is 6.35. The van der Waals surface area contributed by atoms with E-state index in [4.69, 9.17) is 4.42 Å². The summed E-state index contributed by atoms with van der Waals surface area (Å²) in [6.45, 7) is 4.02. The normalized spacial score (nSPS) is 10.7. The van der Waals surface area contributed by atoms with Gasteiger partial charge in [-0.1, -0.05) is 6.07 Å². The van der Waals surface area contributed by atoms with Gasteiger partial charge in [-0.05, 0) is 49.2 Å². The highest BCUT2D eigenvalue weighted by Gasteiger charge is 2.08. The maximum Gasteiger partial charge on any atom is 0.255 e. The SMILES string of the molecule is Cc1ccc(C(=O)Nc2ccc3ncoc3c2)cc1C. The fraction of sp³-hybridized carbons (Fsp3) is 0.125. The molecular weight excluding hydrogens is 252 g/mol. The summed E-state index contributed by atoms with van der Waals surface area (Å²) in [6.07, 6.45) is 1.39. The molecule has 0 aliphatic heterocycles. The number of hydrogen-bond acceptors (Lipinski definition) is 3. The molecule has 3 rings (SSSR count). The van der Waals surface area contributed by atoms with Crippen LogP contribution in [0.3, 0.4) is 0 Å². The van der Waals surface area contributed by atoms with Gasteiger partial charge in [0.25, 0.3) is 5.91 Å². The number of aromatic nitrogens is 1. The smallest absolute Gasteiger partial charge is 0.255 e. The second-order valence-electron chi connectivity index (χ2n) is 4.79. The van der Waals surface area contributed by atoms with Gasteiger partial charge in [0, 0.05) is 17.3 Å². The molecule has 0 aliphatic rings. The van der Waals surface area contributed by atoms with Gasteiger partial charge in [0.15, 0.2) is 12.0 Å². The minimum atomic E-state index is -0.132. The number of carbonyl (C=O) groups excluding carboxylic acids is 1. The number of carbonyl (C=O) groups is 1. The lowest BCUT2D eigenvalue weighted by atomic mass is 10.1. The van der Waals surface area contributed by atoms with Crippen LogP contribution in [0.15, 0.2) is 47.2 Å². The van der Waals surface area contributed by atoms with Crippen molar-refractivity contribution < 1.29 is 9.21 Å². The summed E-state index contributed by atoms with van der Waals surface area (Å²) < 4.78 is 5.22. The molecule has 0 fully saturated rings. The van der Waals surface area contributed by atoms with Gasteiger partial charge in [0.1, 0.15) is 5.52 Å². The molecule has 2 aromatic carbocycles. The van der Waals surface area contributed by atoms with Crippen molar-refractivity contribution in [3.63, 3.8) is 0 Å². The largest absolute Gasteiger partial charge is 0.443 e. The van der Waals surface area contributed by atoms with E-state index >= 15 is 0 Å². The molecule has 20 heavy (non-hydrogen) atoms. The molecule has 4 heteroatoms. The van der Waals surface area contributed by atoms with Crippen LogP contribution < -0.4 is 5.32 Å². The van der Waals surface area contributed by atoms with E-state index in [0.717, 1.165) is 11.1 Å². The highest BCUT2D eigenvalue weighted by molar-refractivity contribution is 6.05. The Bertz CT molecular complexity index is 790. The van der Waals surface area contributed by atoms with E-state index in [9.17, 15) is 4.79 Å². The van der Waals surface area contributed by atoms with Crippen LogP contribution in [0.4, 0.5) is 5.69 Å². The Morgan fingerprint density at radius 3 is 2.75 bits per heavy atom. The highest BCUT2D eigenvalue weighted by Crippen LogP contribution is 2.19. The van der Waals surface area contributed by atoms with Crippen molar-refractivity contribution in [2.45, 2.75) is 13.8 Å². The van der Waals surface area contributed by atoms with E-state index in [1.807, 2.05) is 44.2 Å². The Morgan fingerprint density at radius 1 is 1.10 bits per heavy atom. The molecule has 1 amide bonds. The number of oxazole rings is 1. The van der Waals surface area contributed by atoms with Crippen molar-refractivity contribution in [2.75, 3.05) is 5.32 Å². The van der Waals surface area contributed by atoms with Crippen molar-refractivity contribution in [3.05, 3.63) is 59.5 Å². The monoisotopic (exact) mass is 266 g/mol. The topological polar surface area (TPSA) is 55.1 Å². The number of anilines is 1. The first kappa shape index (κ1) is 12.4. The summed E-state index contributed by atoms with van der Waals surface area (Å²) in [5.41, 5.74) is 5.04. The van der Waals surface area contributed by atoms with Crippen molar-refractivity contribution in [2.24, 2.45) is 0 Å². The third kappa shape index (κ3) is 2.28. The molecular formula is C16H14N2O2. The molecule has 0 saturated carbocycles. The van der Waals surface area contributed by atoms with E-state index < -0.39 is 0 Å². The fourth-order valence-electron chi connectivity index (χ4n) is 2.02. The number of benzene rings is 2. The average Bonchev–Trinajstić information content (AvgIpc) is 2.89. The van der Waals surface area contributed by atoms with Crippen LogP contribution in [0.5, 0.6) is 0 Å². The maximum absolute atomic E-state index is 12.2. The number of hydrogen-bond donors (Lipinski definition) is 1. The number of nitrogens with one attached hydrogen (secondary N) is 1. The lowest BCUT2D eigenvalue weighted by Crippen LogP contribution is -2.12. The predicted molar refractivity (Wildman–Crippen MR) is 77.9 cm³/mol. The van der Waals surface area contributed by atoms with Crippen LogP contribution in [-0.2, 0) is 0 Å². The standard InChI is InChI=1S/C16H14N2O2/c1-10-3-4-12(7-11(10)2)16(19)18-13-5-6-14-15(8-13)20-9-17-14/h3-9H,1-2H3,(H,18,19). The lowest BCUT2D eigenvalue weighted by Gasteiger charge is -2.07. The number of aryl methyl sites for hydroxylation is 2. The molecule has 0 aliphatic carbocycles. The van der Waals surface area contributed by atoms with Crippen LogP contribution in [0, 0.1) is 13.8 Å².